The van der Waals surface area contributed by atoms with E-state index in [9.17, 15) is 4.79 Å². The Balaban J connectivity index is 1.73. The topological polar surface area (TPSA) is 81.4 Å². The summed E-state index contributed by atoms with van der Waals surface area (Å²) in [6, 6.07) is 3.75. The number of aromatic nitrogens is 4. The Kier molecular flexibility index (Phi) is 4.75. The molecule has 8 heteroatoms. The van der Waals surface area contributed by atoms with Crippen molar-refractivity contribution in [1.29, 1.82) is 0 Å². The molecule has 3 aromatic rings. The van der Waals surface area contributed by atoms with Crippen molar-refractivity contribution in [3.63, 3.8) is 0 Å². The Morgan fingerprint density at radius 3 is 2.96 bits per heavy atom. The molecule has 126 valence electrons. The van der Waals surface area contributed by atoms with Crippen molar-refractivity contribution in [2.24, 2.45) is 5.92 Å². The van der Waals surface area contributed by atoms with Crippen molar-refractivity contribution in [3.05, 3.63) is 30.7 Å². The summed E-state index contributed by atoms with van der Waals surface area (Å²) < 4.78 is 6.78. The highest BCUT2D eigenvalue weighted by Crippen LogP contribution is 2.25. The molecule has 3 aromatic heterocycles. The monoisotopic (exact) mass is 345 g/mol. The van der Waals surface area contributed by atoms with E-state index < -0.39 is 0 Å². The molecule has 2 unspecified atom stereocenters. The lowest BCUT2D eigenvalue weighted by Crippen LogP contribution is -2.31. The molecular weight excluding hydrogens is 326 g/mol. The first-order valence-corrected chi connectivity index (χ1v) is 8.60. The number of hydrogen-bond acceptors (Lipinski definition) is 7. The van der Waals surface area contributed by atoms with Crippen LogP contribution in [0.15, 0.2) is 30.7 Å². The standard InChI is InChI=1S/C16H19N5O2S/c1-4-23-14(22)10(2)11(3)18-15-20-21-9-13(19-16(21)24-15)12-6-5-7-17-8-12/h5-11H,4H2,1-3H3,(H,18,20). The fourth-order valence-electron chi connectivity index (χ4n) is 2.21. The Bertz CT molecular complexity index is 798. The predicted octanol–water partition coefficient (Wildman–Crippen LogP) is 2.85. The van der Waals surface area contributed by atoms with Crippen molar-refractivity contribution in [1.82, 2.24) is 19.6 Å². The number of nitrogens with zero attached hydrogens (tertiary/aromatic N) is 4. The van der Waals surface area contributed by atoms with Crippen LogP contribution in [0.1, 0.15) is 20.8 Å². The Morgan fingerprint density at radius 2 is 2.29 bits per heavy atom. The molecular formula is C16H19N5O2S. The third-order valence-corrected chi connectivity index (χ3v) is 4.61. The van der Waals surface area contributed by atoms with Crippen molar-refractivity contribution < 1.29 is 9.53 Å². The van der Waals surface area contributed by atoms with Crippen LogP contribution in [0.25, 0.3) is 16.2 Å². The van der Waals surface area contributed by atoms with Gasteiger partial charge in [-0.2, -0.15) is 0 Å². The van der Waals surface area contributed by atoms with E-state index in [0.29, 0.717) is 6.61 Å². The molecule has 7 nitrogen and oxygen atoms in total. The first kappa shape index (κ1) is 16.4. The van der Waals surface area contributed by atoms with Gasteiger partial charge in [0.05, 0.1) is 24.4 Å². The molecule has 0 fully saturated rings. The lowest BCUT2D eigenvalue weighted by Gasteiger charge is -2.18. The van der Waals surface area contributed by atoms with E-state index in [4.69, 9.17) is 4.74 Å². The summed E-state index contributed by atoms with van der Waals surface area (Å²) in [6.07, 6.45) is 5.37. The van der Waals surface area contributed by atoms with E-state index in [1.54, 1.807) is 23.8 Å². The number of esters is 1. The van der Waals surface area contributed by atoms with Gasteiger partial charge in [0.15, 0.2) is 0 Å². The van der Waals surface area contributed by atoms with E-state index in [0.717, 1.165) is 21.3 Å². The molecule has 0 saturated carbocycles. The minimum absolute atomic E-state index is 0.0855. The maximum atomic E-state index is 11.8. The van der Waals surface area contributed by atoms with Crippen LogP contribution in [-0.4, -0.2) is 38.2 Å². The molecule has 0 aliphatic heterocycles. The first-order chi connectivity index (χ1) is 11.6. The third kappa shape index (κ3) is 3.38. The van der Waals surface area contributed by atoms with Crippen molar-refractivity contribution >= 4 is 27.4 Å². The van der Waals surface area contributed by atoms with E-state index >= 15 is 0 Å². The molecule has 0 radical (unpaired) electrons. The highest BCUT2D eigenvalue weighted by molar-refractivity contribution is 7.20. The summed E-state index contributed by atoms with van der Waals surface area (Å²) in [5, 5.41) is 8.45. The molecule has 0 aliphatic rings. The number of carbonyl (C=O) groups is 1. The maximum Gasteiger partial charge on any atom is 0.310 e. The minimum atomic E-state index is -0.257. The molecule has 0 aliphatic carbocycles. The number of nitrogens with one attached hydrogen (secondary N) is 1. The SMILES string of the molecule is CCOC(=O)C(C)C(C)Nc1nn2cc(-c3cccnc3)nc2s1. The smallest absolute Gasteiger partial charge is 0.310 e. The Hall–Kier alpha value is -2.48. The number of hydrogen-bond donors (Lipinski definition) is 1. The first-order valence-electron chi connectivity index (χ1n) is 7.78. The average Bonchev–Trinajstić information content (AvgIpc) is 3.13. The molecule has 0 spiro atoms. The van der Waals surface area contributed by atoms with Crippen molar-refractivity contribution in [3.8, 4) is 11.3 Å². The number of carbonyl (C=O) groups excluding carboxylic acids is 1. The number of anilines is 1. The molecule has 3 rings (SSSR count). The molecule has 0 bridgehead atoms. The normalized spacial score (nSPS) is 13.6. The van der Waals surface area contributed by atoms with E-state index in [-0.39, 0.29) is 17.9 Å². The molecule has 1 N–H and O–H groups in total. The quantitative estimate of drug-likeness (QED) is 0.692. The van der Waals surface area contributed by atoms with E-state index in [1.165, 1.54) is 11.3 Å². The summed E-state index contributed by atoms with van der Waals surface area (Å²) in [6.45, 7) is 5.97. The van der Waals surface area contributed by atoms with Gasteiger partial charge in [-0.15, -0.1) is 5.10 Å². The largest absolute Gasteiger partial charge is 0.466 e. The van der Waals surface area contributed by atoms with Crippen molar-refractivity contribution in [2.75, 3.05) is 11.9 Å². The zero-order valence-electron chi connectivity index (χ0n) is 13.8. The van der Waals surface area contributed by atoms with Gasteiger partial charge in [-0.05, 0) is 32.9 Å². The van der Waals surface area contributed by atoms with Crippen LogP contribution in [0.5, 0.6) is 0 Å². The molecule has 0 aromatic carbocycles. The second kappa shape index (κ2) is 6.96. The molecule has 0 saturated heterocycles. The van der Waals surface area contributed by atoms with Gasteiger partial charge >= 0.3 is 5.97 Å². The zero-order valence-corrected chi connectivity index (χ0v) is 14.6. The van der Waals surface area contributed by atoms with Crippen molar-refractivity contribution in [2.45, 2.75) is 26.8 Å². The van der Waals surface area contributed by atoms with Gasteiger partial charge in [0.2, 0.25) is 10.1 Å². The van der Waals surface area contributed by atoms with Gasteiger partial charge in [0.1, 0.15) is 0 Å². The Labute approximate surface area is 143 Å². The zero-order chi connectivity index (χ0) is 17.1. The van der Waals surface area contributed by atoms with Crippen LogP contribution in [0.3, 0.4) is 0 Å². The molecule has 3 heterocycles. The van der Waals surface area contributed by atoms with Crippen LogP contribution in [-0.2, 0) is 9.53 Å². The third-order valence-electron chi connectivity index (χ3n) is 3.76. The summed E-state index contributed by atoms with van der Waals surface area (Å²) in [4.78, 5) is 21.2. The van der Waals surface area contributed by atoms with Gasteiger partial charge < -0.3 is 10.1 Å². The molecule has 0 amide bonds. The van der Waals surface area contributed by atoms with Crippen LogP contribution in [0.2, 0.25) is 0 Å². The van der Waals surface area contributed by atoms with Crippen LogP contribution in [0.4, 0.5) is 5.13 Å². The lowest BCUT2D eigenvalue weighted by molar-refractivity contribution is -0.147. The Morgan fingerprint density at radius 1 is 1.46 bits per heavy atom. The number of rotatable bonds is 6. The molecule has 24 heavy (non-hydrogen) atoms. The fourth-order valence-corrected chi connectivity index (χ4v) is 3.09. The second-order valence-corrected chi connectivity index (χ2v) is 6.43. The van der Waals surface area contributed by atoms with Crippen LogP contribution in [0, 0.1) is 5.92 Å². The van der Waals surface area contributed by atoms with E-state index in [1.807, 2.05) is 32.2 Å². The van der Waals surface area contributed by atoms with Gasteiger partial charge in [-0.3, -0.25) is 9.78 Å². The number of pyridine rings is 1. The van der Waals surface area contributed by atoms with Gasteiger partial charge in [-0.25, -0.2) is 9.50 Å². The minimum Gasteiger partial charge on any atom is -0.466 e. The maximum absolute atomic E-state index is 11.8. The van der Waals surface area contributed by atoms with E-state index in [2.05, 4.69) is 20.4 Å². The highest BCUT2D eigenvalue weighted by Gasteiger charge is 2.22. The summed E-state index contributed by atoms with van der Waals surface area (Å²) in [5.41, 5.74) is 1.79. The number of fused-ring (bicyclic) bond motifs is 1. The van der Waals surface area contributed by atoms with Gasteiger partial charge in [0, 0.05) is 24.0 Å². The summed E-state index contributed by atoms with van der Waals surface area (Å²) in [5.74, 6) is -0.468. The molecule has 2 atom stereocenters. The second-order valence-electron chi connectivity index (χ2n) is 5.48. The predicted molar refractivity (Wildman–Crippen MR) is 93.0 cm³/mol. The average molecular weight is 345 g/mol. The summed E-state index contributed by atoms with van der Waals surface area (Å²) in [7, 11) is 0. The van der Waals surface area contributed by atoms with Crippen LogP contribution < -0.4 is 5.32 Å². The fraction of sp³-hybridized carbons (Fsp3) is 0.375. The van der Waals surface area contributed by atoms with Gasteiger partial charge in [0.25, 0.3) is 0 Å². The van der Waals surface area contributed by atoms with Crippen LogP contribution >= 0.6 is 11.3 Å². The van der Waals surface area contributed by atoms with Gasteiger partial charge in [-0.1, -0.05) is 11.3 Å². The summed E-state index contributed by atoms with van der Waals surface area (Å²) >= 11 is 1.44. The number of ether oxygens (including phenoxy) is 1. The lowest BCUT2D eigenvalue weighted by atomic mass is 10.0. The highest BCUT2D eigenvalue weighted by atomic mass is 32.1. The number of imidazole rings is 1.